The van der Waals surface area contributed by atoms with Gasteiger partial charge in [-0.05, 0) is 80.2 Å². The fraction of sp³-hybridized carbons (Fsp3) is 0.308. The number of hydrogen-bond donors (Lipinski definition) is 0. The lowest BCUT2D eigenvalue weighted by Gasteiger charge is -2.14. The predicted molar refractivity (Wildman–Crippen MR) is 132 cm³/mol. The second-order valence-corrected chi connectivity index (χ2v) is 9.93. The van der Waals surface area contributed by atoms with Gasteiger partial charge < -0.3 is 9.47 Å². The van der Waals surface area contributed by atoms with Crippen LogP contribution in [0, 0.1) is 0 Å². The lowest BCUT2D eigenvalue weighted by atomic mass is 9.97. The molecule has 0 radical (unpaired) electrons. The van der Waals surface area contributed by atoms with Gasteiger partial charge in [0.25, 0.3) is 0 Å². The molecule has 0 fully saturated rings. The third-order valence-corrected chi connectivity index (χ3v) is 7.25. The maximum atomic E-state index is 12.7. The van der Waals surface area contributed by atoms with E-state index >= 15 is 0 Å². The molecule has 0 heterocycles. The van der Waals surface area contributed by atoms with Crippen molar-refractivity contribution in [2.75, 3.05) is 13.2 Å². The monoisotopic (exact) mass is 450 g/mol. The van der Waals surface area contributed by atoms with E-state index in [1.165, 1.54) is 5.57 Å². The number of hydrogen-bond acceptors (Lipinski definition) is 4. The van der Waals surface area contributed by atoms with E-state index < -0.39 is 9.84 Å². The molecule has 0 unspecified atom stereocenters. The summed E-state index contributed by atoms with van der Waals surface area (Å²) in [6, 6.07) is 13.5. The van der Waals surface area contributed by atoms with Crippen LogP contribution in [0.4, 0.5) is 0 Å². The minimum atomic E-state index is -3.50. The normalized spacial score (nSPS) is 13.8. The predicted octanol–water partition coefficient (Wildman–Crippen LogP) is 4.52. The highest BCUT2D eigenvalue weighted by Crippen LogP contribution is 2.23. The van der Waals surface area contributed by atoms with Crippen LogP contribution in [0.2, 0.25) is 0 Å². The fourth-order valence-electron chi connectivity index (χ4n) is 3.44. The SMILES string of the molecule is Bc1ccc(S(=O)(=O)c2ccc(OCCCCCCOC3=CC=C(C=C)CC3)cc2)cc1. The summed E-state index contributed by atoms with van der Waals surface area (Å²) in [7, 11) is -1.57. The molecule has 0 aliphatic heterocycles. The highest BCUT2D eigenvalue weighted by Gasteiger charge is 2.17. The topological polar surface area (TPSA) is 52.6 Å². The Bertz CT molecular complexity index is 1050. The van der Waals surface area contributed by atoms with Gasteiger partial charge in [-0.25, -0.2) is 8.42 Å². The summed E-state index contributed by atoms with van der Waals surface area (Å²) in [6.45, 7) is 5.16. The first-order valence-corrected chi connectivity index (χ1v) is 12.7. The van der Waals surface area contributed by atoms with Crippen LogP contribution in [0.25, 0.3) is 0 Å². The zero-order valence-corrected chi connectivity index (χ0v) is 19.6. The van der Waals surface area contributed by atoms with Crippen molar-refractivity contribution >= 4 is 23.1 Å². The Morgan fingerprint density at radius 1 is 0.812 bits per heavy atom. The Labute approximate surface area is 193 Å². The van der Waals surface area contributed by atoms with Gasteiger partial charge in [-0.1, -0.05) is 36.3 Å². The van der Waals surface area contributed by atoms with Crippen molar-refractivity contribution in [1.82, 2.24) is 0 Å². The minimum absolute atomic E-state index is 0.276. The Balaban J connectivity index is 1.33. The first-order valence-electron chi connectivity index (χ1n) is 11.2. The fourth-order valence-corrected chi connectivity index (χ4v) is 4.71. The Hall–Kier alpha value is -2.73. The van der Waals surface area contributed by atoms with Crippen LogP contribution in [0.15, 0.2) is 94.5 Å². The number of unbranched alkanes of at least 4 members (excludes halogenated alkanes) is 3. The average Bonchev–Trinajstić information content (AvgIpc) is 2.82. The van der Waals surface area contributed by atoms with E-state index in [0.29, 0.717) is 17.3 Å². The second-order valence-electron chi connectivity index (χ2n) is 7.98. The molecule has 0 saturated heterocycles. The van der Waals surface area contributed by atoms with E-state index in [-0.39, 0.29) is 4.90 Å². The van der Waals surface area contributed by atoms with Crippen molar-refractivity contribution in [2.45, 2.75) is 48.3 Å². The summed E-state index contributed by atoms with van der Waals surface area (Å²) >= 11 is 0. The maximum absolute atomic E-state index is 12.7. The molecular formula is C26H31BO4S. The van der Waals surface area contributed by atoms with Gasteiger partial charge in [0.05, 0.1) is 28.8 Å². The van der Waals surface area contributed by atoms with E-state index in [9.17, 15) is 8.42 Å². The highest BCUT2D eigenvalue weighted by molar-refractivity contribution is 7.91. The van der Waals surface area contributed by atoms with Crippen LogP contribution < -0.4 is 10.2 Å². The van der Waals surface area contributed by atoms with Crippen LogP contribution in [0.1, 0.15) is 38.5 Å². The second kappa shape index (κ2) is 11.8. The molecule has 0 spiro atoms. The molecule has 6 heteroatoms. The van der Waals surface area contributed by atoms with Gasteiger partial charge >= 0.3 is 0 Å². The molecule has 3 rings (SSSR count). The summed E-state index contributed by atoms with van der Waals surface area (Å²) in [4.78, 5) is 0.580. The van der Waals surface area contributed by atoms with Crippen molar-refractivity contribution in [3.05, 3.63) is 84.7 Å². The molecule has 1 aliphatic carbocycles. The van der Waals surface area contributed by atoms with Crippen molar-refractivity contribution < 1.29 is 17.9 Å². The largest absolute Gasteiger partial charge is 0.498 e. The Morgan fingerprint density at radius 3 is 1.97 bits per heavy atom. The van der Waals surface area contributed by atoms with Crippen LogP contribution in [-0.4, -0.2) is 29.5 Å². The van der Waals surface area contributed by atoms with Crippen molar-refractivity contribution in [1.29, 1.82) is 0 Å². The molecule has 32 heavy (non-hydrogen) atoms. The summed E-state index contributed by atoms with van der Waals surface area (Å²) < 4.78 is 37.0. The highest BCUT2D eigenvalue weighted by atomic mass is 32.2. The zero-order valence-electron chi connectivity index (χ0n) is 18.8. The molecule has 1 aliphatic rings. The van der Waals surface area contributed by atoms with Gasteiger partial charge in [0.2, 0.25) is 9.84 Å². The lowest BCUT2D eigenvalue weighted by Crippen LogP contribution is -2.06. The standard InChI is InChI=1S/C26H31BO4S/c1-2-21-7-11-23(12-8-21)30-19-5-3-4-6-20-31-24-13-17-26(18-14-24)32(28,29)25-15-9-22(27)10-16-25/h2,7,9-11,13-18H,1,3-6,8,12,19-20,27H2. The summed E-state index contributed by atoms with van der Waals surface area (Å²) in [5, 5.41) is 0. The minimum Gasteiger partial charge on any atom is -0.498 e. The van der Waals surface area contributed by atoms with E-state index in [1.807, 2.05) is 20.0 Å². The molecule has 2 aromatic rings. The zero-order chi connectivity index (χ0) is 22.8. The molecule has 0 saturated carbocycles. The molecule has 0 aromatic heterocycles. The summed E-state index contributed by atoms with van der Waals surface area (Å²) in [5.74, 6) is 1.75. The molecule has 0 amide bonds. The smallest absolute Gasteiger partial charge is 0.206 e. The van der Waals surface area contributed by atoms with Gasteiger partial charge in [-0.2, -0.15) is 0 Å². The van der Waals surface area contributed by atoms with Gasteiger partial charge in [-0.3, -0.25) is 0 Å². The number of sulfone groups is 1. The molecule has 2 aromatic carbocycles. The van der Waals surface area contributed by atoms with Gasteiger partial charge in [-0.15, -0.1) is 0 Å². The van der Waals surface area contributed by atoms with Crippen molar-refractivity contribution in [3.63, 3.8) is 0 Å². The van der Waals surface area contributed by atoms with E-state index in [4.69, 9.17) is 9.47 Å². The summed E-state index contributed by atoms with van der Waals surface area (Å²) in [6.07, 6.45) is 12.1. The number of rotatable bonds is 12. The van der Waals surface area contributed by atoms with Gasteiger partial charge in [0.1, 0.15) is 13.6 Å². The molecule has 0 N–H and O–H groups in total. The number of ether oxygens (including phenoxy) is 2. The molecule has 168 valence electrons. The summed E-state index contributed by atoms with van der Waals surface area (Å²) in [5.41, 5.74) is 2.29. The van der Waals surface area contributed by atoms with E-state index in [2.05, 4.69) is 12.7 Å². The first kappa shape index (κ1) is 23.9. The van der Waals surface area contributed by atoms with Crippen molar-refractivity contribution in [2.24, 2.45) is 0 Å². The lowest BCUT2D eigenvalue weighted by molar-refractivity contribution is 0.194. The van der Waals surface area contributed by atoms with Crippen LogP contribution >= 0.6 is 0 Å². The van der Waals surface area contributed by atoms with Crippen LogP contribution in [0.5, 0.6) is 5.75 Å². The molecular weight excluding hydrogens is 419 g/mol. The van der Waals surface area contributed by atoms with Gasteiger partial charge in [0.15, 0.2) is 0 Å². The average molecular weight is 450 g/mol. The quantitative estimate of drug-likeness (QED) is 0.352. The Morgan fingerprint density at radius 2 is 1.41 bits per heavy atom. The van der Waals surface area contributed by atoms with Crippen molar-refractivity contribution in [3.8, 4) is 5.75 Å². The first-order chi connectivity index (χ1) is 15.5. The number of allylic oxidation sites excluding steroid dienone is 5. The molecule has 4 nitrogen and oxygen atoms in total. The van der Waals surface area contributed by atoms with Gasteiger partial charge in [0, 0.05) is 6.42 Å². The van der Waals surface area contributed by atoms with Crippen LogP contribution in [-0.2, 0) is 14.6 Å². The van der Waals surface area contributed by atoms with Crippen LogP contribution in [0.3, 0.4) is 0 Å². The Kier molecular flexibility index (Phi) is 8.80. The number of benzene rings is 2. The maximum Gasteiger partial charge on any atom is 0.206 e. The molecule has 0 atom stereocenters. The molecule has 0 bridgehead atoms. The third-order valence-electron chi connectivity index (χ3n) is 5.47. The third kappa shape index (κ3) is 6.89. The van der Waals surface area contributed by atoms with E-state index in [1.54, 1.807) is 48.5 Å². The van der Waals surface area contributed by atoms with E-state index in [0.717, 1.165) is 56.4 Å².